The van der Waals surface area contributed by atoms with E-state index in [1.165, 1.54) is 0 Å². The molecule has 1 aromatic carbocycles. The van der Waals surface area contributed by atoms with Crippen LogP contribution in [0.3, 0.4) is 0 Å². The molecule has 0 aliphatic rings. The highest BCUT2D eigenvalue weighted by Crippen LogP contribution is 2.11. The van der Waals surface area contributed by atoms with Gasteiger partial charge in [0.1, 0.15) is 0 Å². The summed E-state index contributed by atoms with van der Waals surface area (Å²) in [5.41, 5.74) is 11.1. The average molecular weight is 197 g/mol. The molecule has 0 saturated carbocycles. The predicted octanol–water partition coefficient (Wildman–Crippen LogP) is 3.38. The maximum absolute atomic E-state index is 8.04. The first kappa shape index (κ1) is 10.9. The van der Waals surface area contributed by atoms with Gasteiger partial charge in [-0.25, -0.2) is 0 Å². The Morgan fingerprint density at radius 3 is 2.67 bits per heavy atom. The minimum absolute atomic E-state index is 0.207. The van der Waals surface area contributed by atoms with E-state index in [0.29, 0.717) is 0 Å². The third-order valence-electron chi connectivity index (χ3n) is 1.82. The van der Waals surface area contributed by atoms with E-state index in [4.69, 9.17) is 5.53 Å². The predicted molar refractivity (Wildman–Crippen MR) is 62.0 cm³/mol. The van der Waals surface area contributed by atoms with Crippen molar-refractivity contribution in [1.82, 2.24) is 0 Å². The van der Waals surface area contributed by atoms with Crippen molar-refractivity contribution in [3.8, 4) is 11.8 Å². The summed E-state index contributed by atoms with van der Waals surface area (Å²) in [7, 11) is 0. The summed E-state index contributed by atoms with van der Waals surface area (Å²) in [6, 6.07) is 7.79. The van der Waals surface area contributed by atoms with Crippen molar-refractivity contribution in [3.05, 3.63) is 52.4 Å². The first-order valence-electron chi connectivity index (χ1n) is 4.49. The maximum Gasteiger partial charge on any atom is 0.0880 e. The molecule has 0 aromatic heterocycles. The van der Waals surface area contributed by atoms with Crippen LogP contribution in [0.15, 0.2) is 36.0 Å². The number of hydrogen-bond acceptors (Lipinski definition) is 1. The van der Waals surface area contributed by atoms with Crippen LogP contribution in [0.1, 0.15) is 18.1 Å². The van der Waals surface area contributed by atoms with Crippen LogP contribution in [0.2, 0.25) is 0 Å². The summed E-state index contributed by atoms with van der Waals surface area (Å²) in [6.45, 7) is 6.02. The van der Waals surface area contributed by atoms with Gasteiger partial charge in [0.2, 0.25) is 0 Å². The quantitative estimate of drug-likeness (QED) is 0.302. The van der Waals surface area contributed by atoms with Gasteiger partial charge in [-0.2, -0.15) is 0 Å². The zero-order valence-corrected chi connectivity index (χ0v) is 8.57. The second-order valence-electron chi connectivity index (χ2n) is 3.05. The molecule has 1 rings (SSSR count). The molecule has 15 heavy (non-hydrogen) atoms. The molecule has 0 aliphatic carbocycles. The second-order valence-corrected chi connectivity index (χ2v) is 3.05. The lowest BCUT2D eigenvalue weighted by atomic mass is 10.1. The molecule has 0 N–H and O–H groups in total. The Morgan fingerprint density at radius 1 is 1.47 bits per heavy atom. The maximum atomic E-state index is 8.04. The van der Waals surface area contributed by atoms with Crippen molar-refractivity contribution in [2.24, 2.45) is 5.11 Å². The van der Waals surface area contributed by atoms with Crippen LogP contribution >= 0.6 is 0 Å². The number of rotatable bonds is 2. The highest BCUT2D eigenvalue weighted by Gasteiger charge is 1.91. The Kier molecular flexibility index (Phi) is 4.03. The largest absolute Gasteiger partial charge is 0.0955 e. The molecule has 0 saturated heterocycles. The van der Waals surface area contributed by atoms with Gasteiger partial charge in [-0.15, -0.1) is 0 Å². The molecule has 0 spiro atoms. The molecule has 3 nitrogen and oxygen atoms in total. The van der Waals surface area contributed by atoms with Crippen LogP contribution in [-0.2, 0) is 0 Å². The molecule has 0 aliphatic heterocycles. The zero-order valence-electron chi connectivity index (χ0n) is 8.57. The monoisotopic (exact) mass is 197 g/mol. The van der Waals surface area contributed by atoms with Crippen molar-refractivity contribution < 1.29 is 0 Å². The number of allylic oxidation sites excluding steroid dienone is 1. The van der Waals surface area contributed by atoms with E-state index in [1.807, 2.05) is 31.2 Å². The number of nitrogens with zero attached hydrogens (tertiary/aromatic N) is 3. The van der Waals surface area contributed by atoms with Gasteiger partial charge in [-0.3, -0.25) is 0 Å². The highest BCUT2D eigenvalue weighted by atomic mass is 15.1. The van der Waals surface area contributed by atoms with Gasteiger partial charge >= 0.3 is 0 Å². The van der Waals surface area contributed by atoms with Gasteiger partial charge in [0.25, 0.3) is 0 Å². The molecule has 0 atom stereocenters. The smallest absolute Gasteiger partial charge is 0.0880 e. The fourth-order valence-electron chi connectivity index (χ4n) is 1.05. The standard InChI is InChI=1S/C12H11N3/c1-10(2)12-7-5-11(6-8-12)4-3-9-14-15-13/h5-8H,1,9H2,2H3. The van der Waals surface area contributed by atoms with Crippen molar-refractivity contribution >= 4 is 5.57 Å². The first-order valence-corrected chi connectivity index (χ1v) is 4.49. The second kappa shape index (κ2) is 5.54. The van der Waals surface area contributed by atoms with Crippen molar-refractivity contribution in [3.63, 3.8) is 0 Å². The van der Waals surface area contributed by atoms with E-state index in [9.17, 15) is 0 Å². The van der Waals surface area contributed by atoms with Crippen LogP contribution in [0.5, 0.6) is 0 Å². The lowest BCUT2D eigenvalue weighted by Crippen LogP contribution is -1.79. The Bertz CT molecular complexity index is 454. The average Bonchev–Trinajstić information content (AvgIpc) is 2.25. The van der Waals surface area contributed by atoms with Crippen LogP contribution in [0.25, 0.3) is 16.0 Å². The van der Waals surface area contributed by atoms with Crippen molar-refractivity contribution in [2.45, 2.75) is 6.92 Å². The molecule has 0 radical (unpaired) electrons. The van der Waals surface area contributed by atoms with Crippen molar-refractivity contribution in [2.75, 3.05) is 6.54 Å². The number of azide groups is 1. The summed E-state index contributed by atoms with van der Waals surface area (Å²) < 4.78 is 0. The van der Waals surface area contributed by atoms with E-state index in [2.05, 4.69) is 28.4 Å². The lowest BCUT2D eigenvalue weighted by Gasteiger charge is -1.98. The molecule has 0 amide bonds. The molecule has 0 heterocycles. The molecule has 0 fully saturated rings. The molecular weight excluding hydrogens is 186 g/mol. The minimum Gasteiger partial charge on any atom is -0.0955 e. The third kappa shape index (κ3) is 3.60. The van der Waals surface area contributed by atoms with Crippen LogP contribution < -0.4 is 0 Å². The number of hydrogen-bond donors (Lipinski definition) is 0. The summed E-state index contributed by atoms with van der Waals surface area (Å²) in [6.07, 6.45) is 0. The molecule has 0 bridgehead atoms. The van der Waals surface area contributed by atoms with E-state index in [-0.39, 0.29) is 6.54 Å². The molecule has 0 unspecified atom stereocenters. The van der Waals surface area contributed by atoms with E-state index < -0.39 is 0 Å². The SMILES string of the molecule is C=C(C)c1ccc(C#CCN=[N+]=[N-])cc1. The molecule has 1 aromatic rings. The van der Waals surface area contributed by atoms with Gasteiger partial charge in [-0.05, 0) is 30.2 Å². The topological polar surface area (TPSA) is 48.8 Å². The summed E-state index contributed by atoms with van der Waals surface area (Å²) in [4.78, 5) is 2.62. The van der Waals surface area contributed by atoms with E-state index in [1.54, 1.807) is 0 Å². The Morgan fingerprint density at radius 2 is 2.13 bits per heavy atom. The minimum atomic E-state index is 0.207. The Hall–Kier alpha value is -2.17. The van der Waals surface area contributed by atoms with Gasteiger partial charge in [0.15, 0.2) is 0 Å². The Labute approximate surface area is 89.1 Å². The normalized spacial score (nSPS) is 8.33. The Balaban J connectivity index is 2.75. The van der Waals surface area contributed by atoms with Gasteiger partial charge in [0, 0.05) is 10.5 Å². The van der Waals surface area contributed by atoms with Gasteiger partial charge in [0.05, 0.1) is 6.54 Å². The van der Waals surface area contributed by atoms with E-state index in [0.717, 1.165) is 16.7 Å². The van der Waals surface area contributed by atoms with Crippen LogP contribution in [-0.4, -0.2) is 6.54 Å². The lowest BCUT2D eigenvalue weighted by molar-refractivity contribution is 1.25. The molecule has 3 heteroatoms. The van der Waals surface area contributed by atoms with Gasteiger partial charge < -0.3 is 0 Å². The number of benzene rings is 1. The molecular formula is C12H11N3. The summed E-state index contributed by atoms with van der Waals surface area (Å²) >= 11 is 0. The summed E-state index contributed by atoms with van der Waals surface area (Å²) in [5.74, 6) is 5.66. The molecule has 74 valence electrons. The first-order chi connectivity index (χ1) is 7.24. The van der Waals surface area contributed by atoms with E-state index >= 15 is 0 Å². The zero-order chi connectivity index (χ0) is 11.1. The fourth-order valence-corrected chi connectivity index (χ4v) is 1.05. The summed E-state index contributed by atoms with van der Waals surface area (Å²) in [5, 5.41) is 3.33. The van der Waals surface area contributed by atoms with Crippen LogP contribution in [0.4, 0.5) is 0 Å². The highest BCUT2D eigenvalue weighted by molar-refractivity contribution is 5.61. The van der Waals surface area contributed by atoms with Crippen LogP contribution in [0, 0.1) is 11.8 Å². The van der Waals surface area contributed by atoms with Gasteiger partial charge in [-0.1, -0.05) is 41.2 Å². The fraction of sp³-hybridized carbons (Fsp3) is 0.167. The van der Waals surface area contributed by atoms with Crippen molar-refractivity contribution in [1.29, 1.82) is 0 Å². The third-order valence-corrected chi connectivity index (χ3v) is 1.82.